The zero-order valence-electron chi connectivity index (χ0n) is 20.4. The first-order valence-corrected chi connectivity index (χ1v) is 11.0. The van der Waals surface area contributed by atoms with Crippen LogP contribution < -0.4 is 0 Å². The van der Waals surface area contributed by atoms with E-state index in [0.29, 0.717) is 5.92 Å². The number of ether oxygens (including phenoxy) is 2. The number of amides is 1. The lowest BCUT2D eigenvalue weighted by atomic mass is 9.99. The average Bonchev–Trinajstić information content (AvgIpc) is 3.02. The van der Waals surface area contributed by atoms with Gasteiger partial charge in [0.2, 0.25) is 5.91 Å². The van der Waals surface area contributed by atoms with Crippen molar-refractivity contribution >= 4 is 17.8 Å². The van der Waals surface area contributed by atoms with E-state index < -0.39 is 23.1 Å². The highest BCUT2D eigenvalue weighted by atomic mass is 16.6. The van der Waals surface area contributed by atoms with Gasteiger partial charge in [-0.25, -0.2) is 4.98 Å². The molecule has 0 fully saturated rings. The lowest BCUT2D eigenvalue weighted by Crippen LogP contribution is -2.44. The Hall–Kier alpha value is -2.38. The van der Waals surface area contributed by atoms with E-state index in [0.717, 1.165) is 25.1 Å². The molecule has 0 aromatic carbocycles. The van der Waals surface area contributed by atoms with Crippen LogP contribution in [0.4, 0.5) is 0 Å². The van der Waals surface area contributed by atoms with Gasteiger partial charge < -0.3 is 18.9 Å². The third-order valence-electron chi connectivity index (χ3n) is 4.57. The summed E-state index contributed by atoms with van der Waals surface area (Å²) in [6.07, 6.45) is 6.23. The Balaban J connectivity index is 2.96. The minimum Gasteiger partial charge on any atom is -0.459 e. The fourth-order valence-electron chi connectivity index (χ4n) is 3.05. The predicted octanol–water partition coefficient (Wildman–Crippen LogP) is 3.37. The average molecular weight is 438 g/mol. The molecule has 0 bridgehead atoms. The third kappa shape index (κ3) is 10.5. The predicted molar refractivity (Wildman–Crippen MR) is 118 cm³/mol. The van der Waals surface area contributed by atoms with Gasteiger partial charge in [-0.1, -0.05) is 26.7 Å². The molecular formula is C23H39N3O5. The van der Waals surface area contributed by atoms with Gasteiger partial charge in [-0.3, -0.25) is 14.4 Å². The summed E-state index contributed by atoms with van der Waals surface area (Å²) in [5.41, 5.74) is -1.38. The van der Waals surface area contributed by atoms with Gasteiger partial charge >= 0.3 is 11.9 Å². The smallest absolute Gasteiger partial charge is 0.326 e. The molecule has 176 valence electrons. The lowest BCUT2D eigenvalue weighted by Gasteiger charge is -2.26. The van der Waals surface area contributed by atoms with Crippen LogP contribution in [0.25, 0.3) is 0 Å². The number of hydrogen-bond donors (Lipinski definition) is 0. The summed E-state index contributed by atoms with van der Waals surface area (Å²) >= 11 is 0. The number of rotatable bonds is 10. The molecule has 8 nitrogen and oxygen atoms in total. The van der Waals surface area contributed by atoms with Crippen LogP contribution in [-0.4, -0.2) is 56.6 Å². The first-order chi connectivity index (χ1) is 14.2. The third-order valence-corrected chi connectivity index (χ3v) is 4.57. The van der Waals surface area contributed by atoms with Gasteiger partial charge in [-0.2, -0.15) is 0 Å². The van der Waals surface area contributed by atoms with E-state index in [2.05, 4.69) is 18.8 Å². The maximum absolute atomic E-state index is 13.1. The highest BCUT2D eigenvalue weighted by Gasteiger charge is 2.27. The number of esters is 2. The van der Waals surface area contributed by atoms with Crippen molar-refractivity contribution in [3.05, 3.63) is 18.2 Å². The molecule has 0 radical (unpaired) electrons. The first kappa shape index (κ1) is 26.7. The van der Waals surface area contributed by atoms with Crippen molar-refractivity contribution in [3.63, 3.8) is 0 Å². The molecule has 1 rings (SSSR count). The molecule has 8 heteroatoms. The molecule has 1 heterocycles. The van der Waals surface area contributed by atoms with E-state index in [1.54, 1.807) is 58.5 Å². The van der Waals surface area contributed by atoms with Gasteiger partial charge in [-0.05, 0) is 47.5 Å². The van der Waals surface area contributed by atoms with Crippen molar-refractivity contribution < 1.29 is 23.9 Å². The fourth-order valence-corrected chi connectivity index (χ4v) is 3.05. The monoisotopic (exact) mass is 437 g/mol. The van der Waals surface area contributed by atoms with E-state index in [9.17, 15) is 14.4 Å². The molecule has 0 aliphatic heterocycles. The van der Waals surface area contributed by atoms with Crippen LogP contribution in [0.15, 0.2) is 12.4 Å². The van der Waals surface area contributed by atoms with Crippen molar-refractivity contribution in [1.82, 2.24) is 14.5 Å². The quantitative estimate of drug-likeness (QED) is 0.521. The van der Waals surface area contributed by atoms with Crippen molar-refractivity contribution in [2.24, 2.45) is 5.92 Å². The number of aromatic nitrogens is 2. The Labute approximate surface area is 186 Å². The summed E-state index contributed by atoms with van der Waals surface area (Å²) in [6.45, 7) is 14.1. The molecule has 1 amide bonds. The Bertz CT molecular complexity index is 709. The minimum absolute atomic E-state index is 0.0128. The van der Waals surface area contributed by atoms with E-state index in [1.165, 1.54) is 4.90 Å². The van der Waals surface area contributed by atoms with Crippen molar-refractivity contribution in [2.75, 3.05) is 13.1 Å². The van der Waals surface area contributed by atoms with E-state index in [4.69, 9.17) is 9.47 Å². The maximum atomic E-state index is 13.1. The zero-order chi connectivity index (χ0) is 23.8. The van der Waals surface area contributed by atoms with E-state index in [1.807, 2.05) is 0 Å². The van der Waals surface area contributed by atoms with Crippen LogP contribution in [0.5, 0.6) is 0 Å². The molecule has 0 aliphatic rings. The summed E-state index contributed by atoms with van der Waals surface area (Å²) in [5.74, 6) is -0.229. The van der Waals surface area contributed by atoms with Crippen LogP contribution >= 0.6 is 0 Å². The standard InChI is InChI=1S/C23H39N3O5/c1-9-17(10-2)13-18-24-11-12-25(18)14-19(27)26(15-20(28)30-22(3,4)5)16-21(29)31-23(6,7)8/h11-12,17H,9-10,13-16H2,1-8H3. The molecule has 1 aromatic rings. The summed E-state index contributed by atoms with van der Waals surface area (Å²) in [7, 11) is 0. The summed E-state index contributed by atoms with van der Waals surface area (Å²) < 4.78 is 12.5. The lowest BCUT2D eigenvalue weighted by molar-refractivity contribution is -0.164. The zero-order valence-corrected chi connectivity index (χ0v) is 20.4. The molecule has 1 aromatic heterocycles. The van der Waals surface area contributed by atoms with E-state index in [-0.39, 0.29) is 25.5 Å². The van der Waals surface area contributed by atoms with Crippen molar-refractivity contribution in [1.29, 1.82) is 0 Å². The molecule has 0 atom stereocenters. The van der Waals surface area contributed by atoms with Gasteiger partial charge in [0, 0.05) is 18.8 Å². The molecule has 0 spiro atoms. The molecule has 0 saturated heterocycles. The number of imidazole rings is 1. The number of carbonyl (C=O) groups excluding carboxylic acids is 3. The highest BCUT2D eigenvalue weighted by Crippen LogP contribution is 2.15. The second kappa shape index (κ2) is 11.3. The van der Waals surface area contributed by atoms with Crippen LogP contribution in [-0.2, 0) is 36.8 Å². The first-order valence-electron chi connectivity index (χ1n) is 11.0. The Morgan fingerprint density at radius 2 is 1.45 bits per heavy atom. The molecule has 0 aliphatic carbocycles. The number of nitrogens with zero attached hydrogens (tertiary/aromatic N) is 3. The normalized spacial score (nSPS) is 12.0. The SMILES string of the molecule is CCC(CC)Cc1nccn1CC(=O)N(CC(=O)OC(C)(C)C)CC(=O)OC(C)(C)C. The topological polar surface area (TPSA) is 90.7 Å². The molecule has 0 saturated carbocycles. The van der Waals surface area contributed by atoms with Crippen LogP contribution in [0.3, 0.4) is 0 Å². The van der Waals surface area contributed by atoms with Gasteiger partial charge in [0.05, 0.1) is 0 Å². The summed E-state index contributed by atoms with van der Waals surface area (Å²) in [5, 5.41) is 0. The number of carbonyl (C=O) groups is 3. The van der Waals surface area contributed by atoms with Gasteiger partial charge in [-0.15, -0.1) is 0 Å². The Kier molecular flexibility index (Phi) is 9.72. The Morgan fingerprint density at radius 3 is 1.87 bits per heavy atom. The van der Waals surface area contributed by atoms with Gasteiger partial charge in [0.25, 0.3) is 0 Å². The highest BCUT2D eigenvalue weighted by molar-refractivity contribution is 5.86. The molecule has 31 heavy (non-hydrogen) atoms. The summed E-state index contributed by atoms with van der Waals surface area (Å²) in [6, 6.07) is 0. The van der Waals surface area contributed by atoms with E-state index >= 15 is 0 Å². The summed E-state index contributed by atoms with van der Waals surface area (Å²) in [4.78, 5) is 43.3. The second-order valence-corrected chi connectivity index (χ2v) is 9.78. The van der Waals surface area contributed by atoms with Crippen LogP contribution in [0.1, 0.15) is 74.1 Å². The fraction of sp³-hybridized carbons (Fsp3) is 0.739. The largest absolute Gasteiger partial charge is 0.459 e. The van der Waals surface area contributed by atoms with Gasteiger partial charge in [0.15, 0.2) is 0 Å². The van der Waals surface area contributed by atoms with Crippen molar-refractivity contribution in [2.45, 2.75) is 92.4 Å². The van der Waals surface area contributed by atoms with Crippen LogP contribution in [0.2, 0.25) is 0 Å². The maximum Gasteiger partial charge on any atom is 0.326 e. The Morgan fingerprint density at radius 1 is 0.968 bits per heavy atom. The molecule has 0 N–H and O–H groups in total. The molecule has 0 unspecified atom stereocenters. The second-order valence-electron chi connectivity index (χ2n) is 9.78. The molecular weight excluding hydrogens is 398 g/mol. The van der Waals surface area contributed by atoms with Crippen molar-refractivity contribution in [3.8, 4) is 0 Å². The minimum atomic E-state index is -0.690. The van der Waals surface area contributed by atoms with Gasteiger partial charge in [0.1, 0.15) is 36.7 Å². The number of hydrogen-bond acceptors (Lipinski definition) is 6. The van der Waals surface area contributed by atoms with Crippen LogP contribution in [0, 0.1) is 5.92 Å².